The lowest BCUT2D eigenvalue weighted by atomic mass is 9.70. The molecule has 0 spiro atoms. The molecule has 0 bridgehead atoms. The minimum atomic E-state index is -1.18. The van der Waals surface area contributed by atoms with Crippen molar-refractivity contribution in [2.45, 2.75) is 121 Å². The quantitative estimate of drug-likeness (QED) is 0.207. The lowest BCUT2D eigenvalue weighted by molar-refractivity contribution is -0.152. The van der Waals surface area contributed by atoms with E-state index in [1.165, 1.54) is 14.2 Å². The van der Waals surface area contributed by atoms with Crippen LogP contribution in [0.3, 0.4) is 0 Å². The van der Waals surface area contributed by atoms with Gasteiger partial charge in [0.25, 0.3) is 0 Å². The molecule has 4 amide bonds. The Morgan fingerprint density at radius 3 is 1.10 bits per heavy atom. The zero-order valence-corrected chi connectivity index (χ0v) is 30.6. The number of piperidine rings is 2. The Morgan fingerprint density at radius 2 is 0.837 bits per heavy atom. The molecule has 0 unspecified atom stereocenters. The topological polar surface area (TPSA) is 159 Å². The Kier molecular flexibility index (Phi) is 10.5. The van der Waals surface area contributed by atoms with Gasteiger partial charge in [-0.15, -0.1) is 0 Å². The fourth-order valence-electron chi connectivity index (χ4n) is 8.52. The maximum atomic E-state index is 13.1. The highest BCUT2D eigenvalue weighted by Crippen LogP contribution is 2.38. The van der Waals surface area contributed by atoms with E-state index < -0.39 is 57.2 Å². The standard InChI is InChI=1S/C37H54N6O6/c1-32(2)20-36(28(44)48-9,21-33(3,4)42-32)40-30(46)38-26-15-11-24(12-16-26)19-25-13-17-27(18-14-25)39-31(47)41-37(29(45)49-10)22-34(5,6)43-35(7,8)23-37/h11-18,42-43H,19-23H2,1-10H3,(H2,38,40,46)(H2,39,41,47). The van der Waals surface area contributed by atoms with E-state index in [1.54, 1.807) is 0 Å². The molecule has 12 heteroatoms. The van der Waals surface area contributed by atoms with Gasteiger partial charge in [0.1, 0.15) is 11.1 Å². The highest BCUT2D eigenvalue weighted by molar-refractivity contribution is 5.95. The highest BCUT2D eigenvalue weighted by atomic mass is 16.5. The van der Waals surface area contributed by atoms with E-state index in [0.29, 0.717) is 43.5 Å². The Balaban J connectivity index is 1.36. The average Bonchev–Trinajstić information content (AvgIpc) is 2.94. The molecule has 0 aliphatic carbocycles. The van der Waals surface area contributed by atoms with Crippen LogP contribution in [0.2, 0.25) is 0 Å². The fourth-order valence-corrected chi connectivity index (χ4v) is 8.52. The second-order valence-corrected chi connectivity index (χ2v) is 16.4. The number of amides is 4. The lowest BCUT2D eigenvalue weighted by Gasteiger charge is -2.51. The van der Waals surface area contributed by atoms with Gasteiger partial charge in [-0.1, -0.05) is 24.3 Å². The molecule has 2 aromatic rings. The summed E-state index contributed by atoms with van der Waals surface area (Å²) in [7, 11) is 2.67. The number of carbonyl (C=O) groups excluding carboxylic acids is 4. The monoisotopic (exact) mass is 678 g/mol. The number of methoxy groups -OCH3 is 2. The number of hydrogen-bond acceptors (Lipinski definition) is 8. The third-order valence-electron chi connectivity index (χ3n) is 9.02. The Hall–Kier alpha value is -4.16. The van der Waals surface area contributed by atoms with Crippen LogP contribution in [0, 0.1) is 0 Å². The van der Waals surface area contributed by atoms with Crippen LogP contribution in [0.5, 0.6) is 0 Å². The van der Waals surface area contributed by atoms with E-state index in [0.717, 1.165) is 11.1 Å². The van der Waals surface area contributed by atoms with E-state index in [-0.39, 0.29) is 0 Å². The number of carbonyl (C=O) groups is 4. The second kappa shape index (κ2) is 13.6. The number of esters is 2. The third kappa shape index (κ3) is 9.51. The van der Waals surface area contributed by atoms with Crippen LogP contribution >= 0.6 is 0 Å². The molecule has 2 aliphatic rings. The number of rotatable bonds is 8. The minimum absolute atomic E-state index is 0.379. The maximum Gasteiger partial charge on any atom is 0.331 e. The molecule has 0 atom stereocenters. The van der Waals surface area contributed by atoms with Crippen molar-refractivity contribution in [1.29, 1.82) is 0 Å². The molecule has 2 aromatic carbocycles. The Labute approximate surface area is 290 Å². The molecule has 4 rings (SSSR count). The molecule has 2 fully saturated rings. The predicted molar refractivity (Wildman–Crippen MR) is 191 cm³/mol. The van der Waals surface area contributed by atoms with E-state index in [2.05, 4.69) is 31.9 Å². The number of ether oxygens (including phenoxy) is 2. The van der Waals surface area contributed by atoms with Crippen molar-refractivity contribution in [2.75, 3.05) is 24.9 Å². The first-order valence-electron chi connectivity index (χ1n) is 16.7. The number of anilines is 2. The molecule has 49 heavy (non-hydrogen) atoms. The van der Waals surface area contributed by atoms with E-state index >= 15 is 0 Å². The molecule has 0 saturated carbocycles. The summed E-state index contributed by atoms with van der Waals surface area (Å²) in [5.74, 6) is -0.940. The van der Waals surface area contributed by atoms with Gasteiger partial charge in [0.15, 0.2) is 0 Å². The number of nitrogens with one attached hydrogen (secondary N) is 6. The molecule has 2 heterocycles. The van der Waals surface area contributed by atoms with Crippen LogP contribution < -0.4 is 31.9 Å². The van der Waals surface area contributed by atoms with Crippen molar-refractivity contribution in [3.63, 3.8) is 0 Å². The molecular formula is C37H54N6O6. The molecule has 12 nitrogen and oxygen atoms in total. The first-order valence-corrected chi connectivity index (χ1v) is 16.7. The van der Waals surface area contributed by atoms with Gasteiger partial charge in [-0.3, -0.25) is 0 Å². The van der Waals surface area contributed by atoms with Gasteiger partial charge in [-0.2, -0.15) is 0 Å². The molecular weight excluding hydrogens is 624 g/mol. The fraction of sp³-hybridized carbons (Fsp3) is 0.568. The van der Waals surface area contributed by atoms with Gasteiger partial charge < -0.3 is 41.4 Å². The largest absolute Gasteiger partial charge is 0.467 e. The van der Waals surface area contributed by atoms with Crippen LogP contribution in [0.4, 0.5) is 21.0 Å². The van der Waals surface area contributed by atoms with Crippen LogP contribution in [0.15, 0.2) is 48.5 Å². The Morgan fingerprint density at radius 1 is 0.551 bits per heavy atom. The zero-order chi connectivity index (χ0) is 36.5. The van der Waals surface area contributed by atoms with Crippen LogP contribution in [-0.2, 0) is 25.5 Å². The van der Waals surface area contributed by atoms with Gasteiger partial charge in [0.2, 0.25) is 0 Å². The summed E-state index contributed by atoms with van der Waals surface area (Å²) in [5.41, 5.74) is -0.746. The summed E-state index contributed by atoms with van der Waals surface area (Å²) >= 11 is 0. The molecule has 0 radical (unpaired) electrons. The molecule has 6 N–H and O–H groups in total. The molecule has 268 valence electrons. The number of hydrogen-bond donors (Lipinski definition) is 6. The third-order valence-corrected chi connectivity index (χ3v) is 9.02. The maximum absolute atomic E-state index is 13.1. The highest BCUT2D eigenvalue weighted by Gasteiger charge is 2.54. The summed E-state index contributed by atoms with van der Waals surface area (Å²) in [5, 5.41) is 18.7. The van der Waals surface area contributed by atoms with Crippen LogP contribution in [0.25, 0.3) is 0 Å². The van der Waals surface area contributed by atoms with Crippen molar-refractivity contribution in [3.05, 3.63) is 59.7 Å². The average molecular weight is 679 g/mol. The minimum Gasteiger partial charge on any atom is -0.467 e. The van der Waals surface area contributed by atoms with Crippen LogP contribution in [-0.4, -0.2) is 71.5 Å². The second-order valence-electron chi connectivity index (χ2n) is 16.4. The van der Waals surface area contributed by atoms with Crippen LogP contribution in [0.1, 0.15) is 92.2 Å². The first kappa shape index (κ1) is 37.7. The van der Waals surface area contributed by atoms with E-state index in [4.69, 9.17) is 9.47 Å². The van der Waals surface area contributed by atoms with Gasteiger partial charge in [0.05, 0.1) is 14.2 Å². The molecule has 0 aromatic heterocycles. The van der Waals surface area contributed by atoms with Crippen molar-refractivity contribution >= 4 is 35.4 Å². The summed E-state index contributed by atoms with van der Waals surface area (Å²) in [6.07, 6.45) is 2.15. The smallest absolute Gasteiger partial charge is 0.331 e. The predicted octanol–water partition coefficient (Wildman–Crippen LogP) is 5.23. The number of urea groups is 2. The summed E-state index contributed by atoms with van der Waals surface area (Å²) in [4.78, 5) is 52.2. The van der Waals surface area contributed by atoms with Crippen molar-refractivity contribution in [2.24, 2.45) is 0 Å². The van der Waals surface area contributed by atoms with Crippen molar-refractivity contribution < 1.29 is 28.7 Å². The molecule has 2 aliphatic heterocycles. The summed E-state index contributed by atoms with van der Waals surface area (Å²) < 4.78 is 10.3. The lowest BCUT2D eigenvalue weighted by Crippen LogP contribution is -2.71. The molecule has 2 saturated heterocycles. The summed E-state index contributed by atoms with van der Waals surface area (Å²) in [6.45, 7) is 16.0. The van der Waals surface area contributed by atoms with E-state index in [1.807, 2.05) is 104 Å². The van der Waals surface area contributed by atoms with Crippen molar-refractivity contribution in [1.82, 2.24) is 21.3 Å². The van der Waals surface area contributed by atoms with Crippen molar-refractivity contribution in [3.8, 4) is 0 Å². The first-order chi connectivity index (χ1) is 22.6. The Bertz CT molecular complexity index is 1400. The SMILES string of the molecule is COC(=O)C1(NC(=O)Nc2ccc(Cc3ccc(NC(=O)NC4(C(=O)OC)CC(C)(C)NC(C)(C)C4)cc3)cc2)CC(C)(C)NC(C)(C)C1. The normalized spacial score (nSPS) is 20.9. The van der Waals surface area contributed by atoms with E-state index in [9.17, 15) is 19.2 Å². The number of benzene rings is 2. The van der Waals surface area contributed by atoms with Gasteiger partial charge in [0, 0.05) is 33.5 Å². The van der Waals surface area contributed by atoms with Gasteiger partial charge in [-0.25, -0.2) is 19.2 Å². The van der Waals surface area contributed by atoms with Gasteiger partial charge >= 0.3 is 24.0 Å². The van der Waals surface area contributed by atoms with Gasteiger partial charge in [-0.05, 0) is 123 Å². The summed E-state index contributed by atoms with van der Waals surface area (Å²) in [6, 6.07) is 14.0. The zero-order valence-electron chi connectivity index (χ0n) is 30.6.